The third kappa shape index (κ3) is 4.57. The Morgan fingerprint density at radius 1 is 1.11 bits per heavy atom. The maximum atomic E-state index is 10.3. The Labute approximate surface area is 236 Å². The van der Waals surface area contributed by atoms with Crippen LogP contribution in [0.4, 0.5) is 5.69 Å². The molecule has 4 nitrogen and oxygen atoms in total. The molecule has 1 aromatic carbocycles. The lowest BCUT2D eigenvalue weighted by atomic mass is 9.47. The molecule has 2 aromatic rings. The first kappa shape index (κ1) is 26.2. The van der Waals surface area contributed by atoms with Crippen LogP contribution in [0, 0.1) is 34.5 Å². The summed E-state index contributed by atoms with van der Waals surface area (Å²) in [6, 6.07) is 9.32. The van der Waals surface area contributed by atoms with Crippen LogP contribution in [0.1, 0.15) is 71.0 Å². The minimum atomic E-state index is -0.156. The topological polar surface area (TPSA) is 57.8 Å². The highest BCUT2D eigenvalue weighted by Crippen LogP contribution is 2.66. The number of fused-ring (bicyclic) bond motifs is 5. The SMILES string of the molecule is C[C@]12CC[C@H]3[C@@H](CC=C4C[C@@H](O)CC[C@@]43C)[C@@H]1CC[C@@H]2C(/C=C/c1ccco1)=N/Nc1ccc(Cl)cc1Cl. The fourth-order valence-corrected chi connectivity index (χ4v) is 9.07. The zero-order valence-corrected chi connectivity index (χ0v) is 23.8. The van der Waals surface area contributed by atoms with Gasteiger partial charge in [-0.25, -0.2) is 0 Å². The highest BCUT2D eigenvalue weighted by atomic mass is 35.5. The maximum absolute atomic E-state index is 10.3. The number of hydrogen-bond acceptors (Lipinski definition) is 4. The molecular formula is C32H38Cl2N2O2. The van der Waals surface area contributed by atoms with E-state index >= 15 is 0 Å². The molecule has 1 aromatic heterocycles. The number of halogens is 2. The van der Waals surface area contributed by atoms with Gasteiger partial charge in [-0.15, -0.1) is 0 Å². The fraction of sp³-hybridized carbons (Fsp3) is 0.531. The second-order valence-corrected chi connectivity index (χ2v) is 13.3. The zero-order valence-electron chi connectivity index (χ0n) is 22.3. The van der Waals surface area contributed by atoms with E-state index in [-0.39, 0.29) is 16.9 Å². The standard InChI is InChI=1S/C32H38Cl2N2O2/c1-31-15-13-22(37)18-20(31)5-8-24-25-9-10-27(32(25,2)16-14-26(24)31)29(12-7-23-4-3-17-38-23)35-36-30-11-6-21(33)19-28(30)34/h3-7,11-12,17,19,22,24-27,36-37H,8-10,13-16,18H2,1-2H3/b12-7+,35-29+/t22-,24-,25-,26-,27+,31-,32-/m0/s1. The molecule has 4 aliphatic carbocycles. The predicted octanol–water partition coefficient (Wildman–Crippen LogP) is 9.01. The summed E-state index contributed by atoms with van der Waals surface area (Å²) in [7, 11) is 0. The Kier molecular flexibility index (Phi) is 7.03. The number of aliphatic hydroxyl groups excluding tert-OH is 1. The summed E-state index contributed by atoms with van der Waals surface area (Å²) in [6.07, 6.45) is 17.1. The lowest BCUT2D eigenvalue weighted by Gasteiger charge is -2.58. The van der Waals surface area contributed by atoms with Crippen LogP contribution in [0.3, 0.4) is 0 Å². The molecule has 0 amide bonds. The van der Waals surface area contributed by atoms with Crippen LogP contribution in [0.15, 0.2) is 63.8 Å². The van der Waals surface area contributed by atoms with Crippen molar-refractivity contribution in [2.24, 2.45) is 39.6 Å². The molecule has 2 N–H and O–H groups in total. The van der Waals surface area contributed by atoms with Crippen molar-refractivity contribution in [3.05, 3.63) is 70.1 Å². The summed E-state index contributed by atoms with van der Waals surface area (Å²) >= 11 is 12.6. The van der Waals surface area contributed by atoms with E-state index in [1.807, 2.05) is 30.3 Å². The van der Waals surface area contributed by atoms with E-state index in [9.17, 15) is 5.11 Å². The molecule has 4 aliphatic rings. The molecule has 3 fully saturated rings. The van der Waals surface area contributed by atoms with Crippen LogP contribution in [0.25, 0.3) is 6.08 Å². The van der Waals surface area contributed by atoms with Gasteiger partial charge < -0.3 is 9.52 Å². The van der Waals surface area contributed by atoms with E-state index in [2.05, 4.69) is 31.4 Å². The molecular weight excluding hydrogens is 515 g/mol. The monoisotopic (exact) mass is 552 g/mol. The smallest absolute Gasteiger partial charge is 0.126 e. The summed E-state index contributed by atoms with van der Waals surface area (Å²) < 4.78 is 5.59. The van der Waals surface area contributed by atoms with E-state index in [4.69, 9.17) is 32.7 Å². The average Bonchev–Trinajstić information content (AvgIpc) is 3.53. The molecule has 202 valence electrons. The van der Waals surface area contributed by atoms with E-state index in [1.54, 1.807) is 12.3 Å². The van der Waals surface area contributed by atoms with Crippen LogP contribution >= 0.6 is 23.2 Å². The molecule has 0 unspecified atom stereocenters. The number of nitrogens with one attached hydrogen (secondary N) is 1. The minimum Gasteiger partial charge on any atom is -0.465 e. The van der Waals surface area contributed by atoms with Gasteiger partial charge in [-0.3, -0.25) is 5.43 Å². The molecule has 0 spiro atoms. The molecule has 38 heavy (non-hydrogen) atoms. The molecule has 0 bridgehead atoms. The second-order valence-electron chi connectivity index (χ2n) is 12.5. The first-order valence-corrected chi connectivity index (χ1v) is 14.9. The number of furan rings is 1. The van der Waals surface area contributed by atoms with Crippen molar-refractivity contribution in [3.8, 4) is 0 Å². The van der Waals surface area contributed by atoms with E-state index in [0.29, 0.717) is 27.8 Å². The second kappa shape index (κ2) is 10.2. The van der Waals surface area contributed by atoms with Crippen molar-refractivity contribution in [1.29, 1.82) is 0 Å². The average molecular weight is 554 g/mol. The fourth-order valence-electron chi connectivity index (χ4n) is 8.62. The van der Waals surface area contributed by atoms with Gasteiger partial charge in [0.1, 0.15) is 5.76 Å². The van der Waals surface area contributed by atoms with E-state index in [0.717, 1.165) is 55.2 Å². The van der Waals surface area contributed by atoms with Gasteiger partial charge in [0.25, 0.3) is 0 Å². The molecule has 1 heterocycles. The number of allylic oxidation sites excluding steroid dienone is 2. The third-order valence-corrected chi connectivity index (χ3v) is 11.2. The highest BCUT2D eigenvalue weighted by Gasteiger charge is 2.59. The van der Waals surface area contributed by atoms with Crippen LogP contribution < -0.4 is 5.43 Å². The summed E-state index contributed by atoms with van der Waals surface area (Å²) in [5.41, 5.74) is 7.02. The van der Waals surface area contributed by atoms with Gasteiger partial charge in [-0.1, -0.05) is 48.7 Å². The van der Waals surface area contributed by atoms with Crippen LogP contribution in [0.2, 0.25) is 10.0 Å². The third-order valence-electron chi connectivity index (χ3n) is 10.6. The molecule has 6 rings (SSSR count). The normalized spacial score (nSPS) is 36.9. The summed E-state index contributed by atoms with van der Waals surface area (Å²) in [4.78, 5) is 0. The highest BCUT2D eigenvalue weighted by molar-refractivity contribution is 6.36. The largest absolute Gasteiger partial charge is 0.465 e. The van der Waals surface area contributed by atoms with Crippen molar-refractivity contribution < 1.29 is 9.52 Å². The van der Waals surface area contributed by atoms with Gasteiger partial charge >= 0.3 is 0 Å². The van der Waals surface area contributed by atoms with Crippen LogP contribution in [0.5, 0.6) is 0 Å². The molecule has 6 heteroatoms. The number of hydrazone groups is 1. The number of rotatable bonds is 5. The minimum absolute atomic E-state index is 0.156. The van der Waals surface area contributed by atoms with Gasteiger partial charge in [-0.2, -0.15) is 5.10 Å². The number of benzene rings is 1. The van der Waals surface area contributed by atoms with Crippen molar-refractivity contribution in [1.82, 2.24) is 0 Å². The number of anilines is 1. The Balaban J connectivity index is 1.30. The van der Waals surface area contributed by atoms with E-state index in [1.165, 1.54) is 24.8 Å². The first-order valence-electron chi connectivity index (χ1n) is 14.2. The molecule has 3 saturated carbocycles. The Morgan fingerprint density at radius 3 is 2.76 bits per heavy atom. The summed E-state index contributed by atoms with van der Waals surface area (Å²) in [5, 5.41) is 16.5. The zero-order chi connectivity index (χ0) is 26.5. The van der Waals surface area contributed by atoms with Crippen LogP contribution in [-0.4, -0.2) is 16.9 Å². The first-order chi connectivity index (χ1) is 18.3. The lowest BCUT2D eigenvalue weighted by Crippen LogP contribution is -2.51. The van der Waals surface area contributed by atoms with Gasteiger partial charge in [0.15, 0.2) is 0 Å². The molecule has 0 aliphatic heterocycles. The predicted molar refractivity (Wildman–Crippen MR) is 156 cm³/mol. The maximum Gasteiger partial charge on any atom is 0.126 e. The summed E-state index contributed by atoms with van der Waals surface area (Å²) in [6.45, 7) is 5.01. The van der Waals surface area contributed by atoms with Crippen molar-refractivity contribution >= 4 is 40.7 Å². The van der Waals surface area contributed by atoms with Crippen molar-refractivity contribution in [2.75, 3.05) is 5.43 Å². The van der Waals surface area contributed by atoms with Gasteiger partial charge in [0.05, 0.1) is 28.8 Å². The molecule has 0 radical (unpaired) electrons. The van der Waals surface area contributed by atoms with Crippen LogP contribution in [-0.2, 0) is 0 Å². The quantitative estimate of drug-likeness (QED) is 0.221. The molecule has 7 atom stereocenters. The Bertz CT molecular complexity index is 1270. The number of hydrogen-bond donors (Lipinski definition) is 2. The molecule has 0 saturated heterocycles. The van der Waals surface area contributed by atoms with E-state index < -0.39 is 0 Å². The summed E-state index contributed by atoms with van der Waals surface area (Å²) in [5.74, 6) is 3.27. The lowest BCUT2D eigenvalue weighted by molar-refractivity contribution is -0.0422. The van der Waals surface area contributed by atoms with Crippen molar-refractivity contribution in [3.63, 3.8) is 0 Å². The Hall–Kier alpha value is -2.01. The Morgan fingerprint density at radius 2 is 1.97 bits per heavy atom. The van der Waals surface area contributed by atoms with Gasteiger partial charge in [-0.05, 0) is 122 Å². The number of aliphatic hydroxyl groups is 1. The van der Waals surface area contributed by atoms with Crippen molar-refractivity contribution in [2.45, 2.75) is 71.3 Å². The number of nitrogens with zero attached hydrogens (tertiary/aromatic N) is 1. The van der Waals surface area contributed by atoms with Gasteiger partial charge in [0.2, 0.25) is 0 Å². The van der Waals surface area contributed by atoms with Gasteiger partial charge in [0, 0.05) is 10.9 Å².